The first-order chi connectivity index (χ1) is 11.9. The summed E-state index contributed by atoms with van der Waals surface area (Å²) < 4.78 is 6.47. The number of nitrogens with one attached hydrogen (secondary N) is 1. The van der Waals surface area contributed by atoms with Crippen LogP contribution in [0.2, 0.25) is 0 Å². The number of anilines is 1. The van der Waals surface area contributed by atoms with Gasteiger partial charge < -0.3 is 10.1 Å². The molecule has 1 amide bonds. The largest absolute Gasteiger partial charge is 0.445 e. The van der Waals surface area contributed by atoms with E-state index in [-0.39, 0.29) is 5.91 Å². The molecule has 0 saturated carbocycles. The fourth-order valence-electron chi connectivity index (χ4n) is 3.04. The monoisotopic (exact) mass is 352 g/mol. The zero-order valence-electron chi connectivity index (χ0n) is 13.8. The van der Waals surface area contributed by atoms with E-state index in [2.05, 4.69) is 10.3 Å². The molecule has 2 heterocycles. The van der Waals surface area contributed by atoms with E-state index in [0.717, 1.165) is 20.8 Å². The topological polar surface area (TPSA) is 68.3 Å². The number of thiazole rings is 1. The summed E-state index contributed by atoms with van der Waals surface area (Å²) in [6.45, 7) is 3.59. The van der Waals surface area contributed by atoms with E-state index in [1.807, 2.05) is 31.2 Å². The predicted molar refractivity (Wildman–Crippen MR) is 97.0 cm³/mol. The highest BCUT2D eigenvalue weighted by Gasteiger charge is 2.42. The van der Waals surface area contributed by atoms with Gasteiger partial charge in [0.15, 0.2) is 5.60 Å². The number of aromatic nitrogens is 1. The molecule has 0 fully saturated rings. The van der Waals surface area contributed by atoms with Gasteiger partial charge in [-0.2, -0.15) is 0 Å². The van der Waals surface area contributed by atoms with E-state index in [1.54, 1.807) is 36.5 Å². The Morgan fingerprint density at radius 1 is 1.28 bits per heavy atom. The summed E-state index contributed by atoms with van der Waals surface area (Å²) in [5, 5.41) is 3.84. The van der Waals surface area contributed by atoms with E-state index >= 15 is 0 Å². The molecule has 0 spiro atoms. The van der Waals surface area contributed by atoms with Gasteiger partial charge in [-0.15, -0.1) is 11.3 Å². The van der Waals surface area contributed by atoms with Crippen molar-refractivity contribution in [3.8, 4) is 0 Å². The summed E-state index contributed by atoms with van der Waals surface area (Å²) in [5.74, 6) is -0.802. The van der Waals surface area contributed by atoms with Crippen LogP contribution >= 0.6 is 11.3 Å². The molecule has 1 N–H and O–H groups in total. The summed E-state index contributed by atoms with van der Waals surface area (Å²) in [7, 11) is 0. The van der Waals surface area contributed by atoms with Crippen molar-refractivity contribution in [2.75, 3.05) is 5.32 Å². The smallest absolute Gasteiger partial charge is 0.339 e. The van der Waals surface area contributed by atoms with Gasteiger partial charge in [0.1, 0.15) is 0 Å². The maximum Gasteiger partial charge on any atom is 0.339 e. The van der Waals surface area contributed by atoms with Gasteiger partial charge in [0.2, 0.25) is 0 Å². The van der Waals surface area contributed by atoms with Gasteiger partial charge in [-0.25, -0.2) is 9.78 Å². The first-order valence-electron chi connectivity index (χ1n) is 7.94. The molecule has 3 aromatic rings. The number of hydrogen-bond donors (Lipinski definition) is 1. The van der Waals surface area contributed by atoms with Crippen molar-refractivity contribution in [1.82, 2.24) is 4.98 Å². The molecule has 126 valence electrons. The van der Waals surface area contributed by atoms with Crippen LogP contribution in [0.1, 0.15) is 27.9 Å². The molecule has 0 aliphatic carbocycles. The van der Waals surface area contributed by atoms with E-state index < -0.39 is 11.6 Å². The maximum absolute atomic E-state index is 12.8. The number of hydrogen-bond acceptors (Lipinski definition) is 5. The van der Waals surface area contributed by atoms with Crippen molar-refractivity contribution >= 4 is 39.1 Å². The molecule has 1 aromatic heterocycles. The van der Waals surface area contributed by atoms with Crippen LogP contribution in [0.3, 0.4) is 0 Å². The minimum atomic E-state index is -1.23. The van der Waals surface area contributed by atoms with Crippen molar-refractivity contribution in [2.45, 2.75) is 25.9 Å². The van der Waals surface area contributed by atoms with Gasteiger partial charge in [0, 0.05) is 12.1 Å². The number of carbonyl (C=O) groups excluding carboxylic acids is 2. The molecule has 5 nitrogen and oxygen atoms in total. The fourth-order valence-corrected chi connectivity index (χ4v) is 3.91. The Kier molecular flexibility index (Phi) is 3.58. The highest BCUT2D eigenvalue weighted by atomic mass is 32.1. The first-order valence-corrected chi connectivity index (χ1v) is 8.76. The third-order valence-corrected chi connectivity index (χ3v) is 5.25. The molecular formula is C19H16N2O3S. The summed E-state index contributed by atoms with van der Waals surface area (Å²) >= 11 is 1.57. The van der Waals surface area contributed by atoms with Crippen LogP contribution in [-0.2, 0) is 16.0 Å². The van der Waals surface area contributed by atoms with Crippen LogP contribution < -0.4 is 5.32 Å². The lowest BCUT2D eigenvalue weighted by molar-refractivity contribution is -0.134. The van der Waals surface area contributed by atoms with Crippen molar-refractivity contribution in [1.29, 1.82) is 0 Å². The molecule has 1 aliphatic rings. The molecule has 0 radical (unpaired) electrons. The van der Waals surface area contributed by atoms with Gasteiger partial charge in [0.05, 0.1) is 20.8 Å². The minimum Gasteiger partial charge on any atom is -0.445 e. The summed E-state index contributed by atoms with van der Waals surface area (Å²) in [5.41, 5.74) is 1.69. The number of esters is 1. The second-order valence-corrected chi connectivity index (χ2v) is 7.56. The van der Waals surface area contributed by atoms with Crippen LogP contribution in [0.4, 0.5) is 5.69 Å². The van der Waals surface area contributed by atoms with Crippen LogP contribution in [-0.4, -0.2) is 22.5 Å². The Balaban J connectivity index is 1.60. The zero-order valence-corrected chi connectivity index (χ0v) is 14.6. The third-order valence-electron chi connectivity index (χ3n) is 4.32. The Morgan fingerprint density at radius 3 is 2.92 bits per heavy atom. The molecule has 6 heteroatoms. The number of ether oxygens (including phenoxy) is 1. The lowest BCUT2D eigenvalue weighted by Crippen LogP contribution is -2.48. The zero-order chi connectivity index (χ0) is 17.6. The molecule has 0 unspecified atom stereocenters. The molecule has 0 bridgehead atoms. The van der Waals surface area contributed by atoms with Crippen LogP contribution in [0.15, 0.2) is 42.5 Å². The SMILES string of the molecule is Cc1nc2ccc(NC(=O)[C@]3(C)Cc4ccccc4C(=O)O3)cc2s1. The van der Waals surface area contributed by atoms with E-state index in [4.69, 9.17) is 4.74 Å². The predicted octanol–water partition coefficient (Wildman–Crippen LogP) is 3.72. The molecule has 2 aromatic carbocycles. The van der Waals surface area contributed by atoms with Crippen molar-refractivity contribution in [2.24, 2.45) is 0 Å². The van der Waals surface area contributed by atoms with Gasteiger partial charge in [0.25, 0.3) is 5.91 Å². The standard InChI is InChI=1S/C19H16N2O3S/c1-11-20-15-8-7-13(9-16(15)25-11)21-18(23)19(2)10-12-5-3-4-6-14(12)17(22)24-19/h3-9H,10H2,1-2H3,(H,21,23)/t19-/m0/s1. The second kappa shape index (κ2) is 5.67. The Labute approximate surface area is 148 Å². The Bertz CT molecular complexity index is 1010. The lowest BCUT2D eigenvalue weighted by Gasteiger charge is -2.33. The number of amides is 1. The van der Waals surface area contributed by atoms with Gasteiger partial charge >= 0.3 is 5.97 Å². The molecule has 25 heavy (non-hydrogen) atoms. The Morgan fingerprint density at radius 2 is 2.08 bits per heavy atom. The van der Waals surface area contributed by atoms with Gasteiger partial charge in [-0.1, -0.05) is 18.2 Å². The first kappa shape index (κ1) is 15.8. The van der Waals surface area contributed by atoms with Gasteiger partial charge in [-0.05, 0) is 43.7 Å². The number of cyclic esters (lactones) is 1. The lowest BCUT2D eigenvalue weighted by atomic mass is 9.89. The van der Waals surface area contributed by atoms with Crippen LogP contribution in [0.5, 0.6) is 0 Å². The minimum absolute atomic E-state index is 0.337. The average Bonchev–Trinajstić information content (AvgIpc) is 2.94. The average molecular weight is 352 g/mol. The summed E-state index contributed by atoms with van der Waals surface area (Å²) in [6.07, 6.45) is 0.350. The van der Waals surface area contributed by atoms with Crippen molar-refractivity contribution in [3.05, 3.63) is 58.6 Å². The second-order valence-electron chi connectivity index (χ2n) is 6.32. The number of nitrogens with zero attached hydrogens (tertiary/aromatic N) is 1. The van der Waals surface area contributed by atoms with Crippen molar-refractivity contribution < 1.29 is 14.3 Å². The summed E-state index contributed by atoms with van der Waals surface area (Å²) in [6, 6.07) is 12.8. The highest BCUT2D eigenvalue weighted by Crippen LogP contribution is 2.30. The highest BCUT2D eigenvalue weighted by molar-refractivity contribution is 7.18. The normalized spacial score (nSPS) is 19.4. The summed E-state index contributed by atoms with van der Waals surface area (Å²) in [4.78, 5) is 29.4. The van der Waals surface area contributed by atoms with Crippen LogP contribution in [0.25, 0.3) is 10.2 Å². The van der Waals surface area contributed by atoms with E-state index in [9.17, 15) is 9.59 Å². The number of fused-ring (bicyclic) bond motifs is 2. The molecular weight excluding hydrogens is 336 g/mol. The van der Waals surface area contributed by atoms with E-state index in [1.165, 1.54) is 0 Å². The maximum atomic E-state index is 12.8. The van der Waals surface area contributed by atoms with Crippen molar-refractivity contribution in [3.63, 3.8) is 0 Å². The molecule has 1 atom stereocenters. The van der Waals surface area contributed by atoms with Gasteiger partial charge in [-0.3, -0.25) is 4.79 Å². The number of aryl methyl sites for hydroxylation is 1. The quantitative estimate of drug-likeness (QED) is 0.714. The fraction of sp³-hybridized carbons (Fsp3) is 0.211. The Hall–Kier alpha value is -2.73. The molecule has 4 rings (SSSR count). The number of carbonyl (C=O) groups is 2. The molecule has 0 saturated heterocycles. The number of benzene rings is 2. The van der Waals surface area contributed by atoms with E-state index in [0.29, 0.717) is 17.7 Å². The van der Waals surface area contributed by atoms with Crippen LogP contribution in [0, 0.1) is 6.92 Å². The molecule has 1 aliphatic heterocycles. The number of rotatable bonds is 2. The third kappa shape index (κ3) is 2.78.